The summed E-state index contributed by atoms with van der Waals surface area (Å²) in [4.78, 5) is 0. The molecule has 1 heterocycles. The molecule has 4 heteroatoms. The van der Waals surface area contributed by atoms with E-state index < -0.39 is 17.7 Å². The molecule has 17 heavy (non-hydrogen) atoms. The molecule has 94 valence electrons. The van der Waals surface area contributed by atoms with Crippen LogP contribution in [0.3, 0.4) is 0 Å². The average molecular weight is 237 g/mol. The van der Waals surface area contributed by atoms with Crippen LogP contribution in [0.5, 0.6) is 11.5 Å². The Kier molecular flexibility index (Phi) is 3.02. The van der Waals surface area contributed by atoms with E-state index in [1.165, 1.54) is 0 Å². The lowest BCUT2D eigenvalue weighted by Crippen LogP contribution is -2.53. The molecule has 0 fully saturated rings. The number of benzene rings is 1. The number of ether oxygens (including phenoxy) is 2. The summed E-state index contributed by atoms with van der Waals surface area (Å²) in [5.74, 6) is 1.39. The highest BCUT2D eigenvalue weighted by molar-refractivity contribution is 5.44. The maximum Gasteiger partial charge on any atom is 0.129 e. The number of hydrogen-bond acceptors (Lipinski definition) is 4. The summed E-state index contributed by atoms with van der Waals surface area (Å²) < 4.78 is 11.2. The highest BCUT2D eigenvalue weighted by Gasteiger charge is 2.40. The summed E-state index contributed by atoms with van der Waals surface area (Å²) in [5.41, 5.74) is 6.10. The summed E-state index contributed by atoms with van der Waals surface area (Å²) in [5, 5.41) is 10.1. The summed E-state index contributed by atoms with van der Waals surface area (Å²) >= 11 is 0. The van der Waals surface area contributed by atoms with Crippen LogP contribution in [0.25, 0.3) is 0 Å². The van der Waals surface area contributed by atoms with Gasteiger partial charge < -0.3 is 20.3 Å². The predicted octanol–water partition coefficient (Wildman–Crippen LogP) is 1.62. The molecule has 0 saturated heterocycles. The first kappa shape index (κ1) is 12.2. The molecule has 0 aromatic heterocycles. The van der Waals surface area contributed by atoms with E-state index in [9.17, 15) is 5.11 Å². The third-order valence-electron chi connectivity index (χ3n) is 3.13. The molecule has 2 unspecified atom stereocenters. The Morgan fingerprint density at radius 3 is 2.82 bits per heavy atom. The molecule has 0 spiro atoms. The Morgan fingerprint density at radius 2 is 2.18 bits per heavy atom. The summed E-state index contributed by atoms with van der Waals surface area (Å²) in [7, 11) is 0. The molecule has 0 radical (unpaired) electrons. The first-order valence-electron chi connectivity index (χ1n) is 5.85. The van der Waals surface area contributed by atoms with E-state index in [0.717, 1.165) is 11.3 Å². The van der Waals surface area contributed by atoms with Crippen molar-refractivity contribution < 1.29 is 14.6 Å². The minimum atomic E-state index is -0.704. The van der Waals surface area contributed by atoms with Crippen molar-refractivity contribution in [1.82, 2.24) is 0 Å². The number of aliphatic hydroxyl groups is 1. The van der Waals surface area contributed by atoms with Crippen LogP contribution in [0.15, 0.2) is 18.2 Å². The largest absolute Gasteiger partial charge is 0.494 e. The molecule has 0 amide bonds. The topological polar surface area (TPSA) is 64.7 Å². The molecule has 0 bridgehead atoms. The molecule has 1 aromatic carbocycles. The van der Waals surface area contributed by atoms with Crippen molar-refractivity contribution in [1.29, 1.82) is 0 Å². The van der Waals surface area contributed by atoms with Crippen molar-refractivity contribution in [3.05, 3.63) is 23.8 Å². The van der Waals surface area contributed by atoms with Gasteiger partial charge in [-0.25, -0.2) is 0 Å². The summed E-state index contributed by atoms with van der Waals surface area (Å²) in [6.45, 7) is 6.27. The van der Waals surface area contributed by atoms with E-state index in [2.05, 4.69) is 0 Å². The summed E-state index contributed by atoms with van der Waals surface area (Å²) in [6.07, 6.45) is -0.704. The molecule has 0 aliphatic carbocycles. The molecule has 1 aliphatic rings. The smallest absolute Gasteiger partial charge is 0.129 e. The van der Waals surface area contributed by atoms with E-state index in [0.29, 0.717) is 12.4 Å². The van der Waals surface area contributed by atoms with Crippen molar-refractivity contribution >= 4 is 0 Å². The predicted molar refractivity (Wildman–Crippen MR) is 65.3 cm³/mol. The summed E-state index contributed by atoms with van der Waals surface area (Å²) in [6, 6.07) is 4.99. The Bertz CT molecular complexity index is 417. The van der Waals surface area contributed by atoms with Gasteiger partial charge >= 0.3 is 0 Å². The zero-order valence-electron chi connectivity index (χ0n) is 10.4. The van der Waals surface area contributed by atoms with Crippen molar-refractivity contribution in [2.75, 3.05) is 6.61 Å². The maximum atomic E-state index is 10.1. The first-order chi connectivity index (χ1) is 7.95. The third kappa shape index (κ3) is 2.10. The number of nitrogens with two attached hydrogens (primary N) is 1. The van der Waals surface area contributed by atoms with Gasteiger partial charge in [0.2, 0.25) is 0 Å². The molecule has 0 saturated carbocycles. The second kappa shape index (κ2) is 4.20. The Balaban J connectivity index is 2.39. The van der Waals surface area contributed by atoms with E-state index in [-0.39, 0.29) is 0 Å². The zero-order chi connectivity index (χ0) is 12.6. The second-order valence-corrected chi connectivity index (χ2v) is 4.81. The van der Waals surface area contributed by atoms with Crippen LogP contribution in [-0.4, -0.2) is 23.4 Å². The maximum absolute atomic E-state index is 10.1. The number of fused-ring (bicyclic) bond motifs is 1. The van der Waals surface area contributed by atoms with Crippen LogP contribution in [0.1, 0.15) is 32.4 Å². The Labute approximate surface area is 101 Å². The quantitative estimate of drug-likeness (QED) is 0.820. The van der Waals surface area contributed by atoms with Gasteiger partial charge in [-0.05, 0) is 32.9 Å². The third-order valence-corrected chi connectivity index (χ3v) is 3.13. The normalized spacial score (nSPS) is 25.9. The molecular formula is C13H19NO3. The van der Waals surface area contributed by atoms with Crippen LogP contribution in [0.4, 0.5) is 0 Å². The minimum absolute atomic E-state index is 0.437. The van der Waals surface area contributed by atoms with Crippen molar-refractivity contribution in [2.45, 2.75) is 38.5 Å². The first-order valence-corrected chi connectivity index (χ1v) is 5.85. The highest BCUT2D eigenvalue weighted by atomic mass is 16.5. The SMILES string of the molecule is CCOc1ccc2c(c1)OC(C)(C)C(N)C2O. The zero-order valence-corrected chi connectivity index (χ0v) is 10.4. The molecule has 2 rings (SSSR count). The monoisotopic (exact) mass is 237 g/mol. The highest BCUT2D eigenvalue weighted by Crippen LogP contribution is 2.40. The standard InChI is InChI=1S/C13H19NO3/c1-4-16-8-5-6-9-10(7-8)17-13(2,3)12(14)11(9)15/h5-7,11-12,15H,4,14H2,1-3H3. The van der Waals surface area contributed by atoms with Crippen LogP contribution in [-0.2, 0) is 0 Å². The van der Waals surface area contributed by atoms with Crippen molar-refractivity contribution in [3.63, 3.8) is 0 Å². The fraction of sp³-hybridized carbons (Fsp3) is 0.538. The molecule has 3 N–H and O–H groups in total. The van der Waals surface area contributed by atoms with E-state index in [4.69, 9.17) is 15.2 Å². The van der Waals surface area contributed by atoms with Crippen molar-refractivity contribution in [3.8, 4) is 11.5 Å². The van der Waals surface area contributed by atoms with Gasteiger partial charge in [0.05, 0.1) is 12.6 Å². The van der Waals surface area contributed by atoms with Gasteiger partial charge in [-0.2, -0.15) is 0 Å². The number of hydrogen-bond donors (Lipinski definition) is 2. The molecule has 1 aromatic rings. The van der Waals surface area contributed by atoms with Crippen LogP contribution < -0.4 is 15.2 Å². The second-order valence-electron chi connectivity index (χ2n) is 4.81. The number of aliphatic hydroxyl groups excluding tert-OH is 1. The van der Waals surface area contributed by atoms with E-state index in [1.807, 2.05) is 26.8 Å². The van der Waals surface area contributed by atoms with Gasteiger partial charge in [-0.1, -0.05) is 0 Å². The minimum Gasteiger partial charge on any atom is -0.494 e. The van der Waals surface area contributed by atoms with Crippen LogP contribution in [0.2, 0.25) is 0 Å². The fourth-order valence-electron chi connectivity index (χ4n) is 2.03. The van der Waals surface area contributed by atoms with Gasteiger partial charge in [-0.3, -0.25) is 0 Å². The lowest BCUT2D eigenvalue weighted by Gasteiger charge is -2.41. The number of rotatable bonds is 2. The molecule has 1 aliphatic heterocycles. The molecule has 2 atom stereocenters. The molecular weight excluding hydrogens is 218 g/mol. The van der Waals surface area contributed by atoms with Crippen LogP contribution >= 0.6 is 0 Å². The Hall–Kier alpha value is -1.26. The van der Waals surface area contributed by atoms with Gasteiger partial charge in [0, 0.05) is 11.6 Å². The average Bonchev–Trinajstić information content (AvgIpc) is 2.26. The van der Waals surface area contributed by atoms with Crippen LogP contribution in [0, 0.1) is 0 Å². The van der Waals surface area contributed by atoms with Crippen molar-refractivity contribution in [2.24, 2.45) is 5.73 Å². The van der Waals surface area contributed by atoms with Gasteiger partial charge in [0.15, 0.2) is 0 Å². The Morgan fingerprint density at radius 1 is 1.47 bits per heavy atom. The lowest BCUT2D eigenvalue weighted by atomic mass is 9.87. The van der Waals surface area contributed by atoms with E-state index in [1.54, 1.807) is 12.1 Å². The van der Waals surface area contributed by atoms with E-state index >= 15 is 0 Å². The van der Waals surface area contributed by atoms with Gasteiger partial charge in [0.25, 0.3) is 0 Å². The van der Waals surface area contributed by atoms with Gasteiger partial charge in [-0.15, -0.1) is 0 Å². The fourth-order valence-corrected chi connectivity index (χ4v) is 2.03. The lowest BCUT2D eigenvalue weighted by molar-refractivity contribution is -0.0119. The molecule has 4 nitrogen and oxygen atoms in total. The van der Waals surface area contributed by atoms with Gasteiger partial charge in [0.1, 0.15) is 23.2 Å².